The minimum absolute atomic E-state index is 0.0402. The molecule has 0 bridgehead atoms. The summed E-state index contributed by atoms with van der Waals surface area (Å²) in [5.74, 6) is 1.65. The lowest BCUT2D eigenvalue weighted by molar-refractivity contribution is -0.135. The molecule has 0 N–H and O–H groups in total. The highest BCUT2D eigenvalue weighted by molar-refractivity contribution is 6.32. The summed E-state index contributed by atoms with van der Waals surface area (Å²) in [6.45, 7) is 10.6. The van der Waals surface area contributed by atoms with Crippen LogP contribution in [0, 0.1) is 0 Å². The molecule has 2 heterocycles. The standard InChI is InChI=1S/C30H30BClN4O4.C2H6/c1-20(2)40-27-12-7-21(31)17-26(27)36-28(33-25-6-4-3-5-24(25)30(36)38)18-34-13-15-35(16-14-34)29(37)19-39-23-10-8-22(32)9-11-23;1-2/h3-12,17,20H,13-16,18-19H2,1-2H3;1-2H3. The zero-order chi connectivity index (χ0) is 30.2. The second-order valence-electron chi connectivity index (χ2n) is 9.98. The van der Waals surface area contributed by atoms with Gasteiger partial charge < -0.3 is 14.4 Å². The zero-order valence-corrected chi connectivity index (χ0v) is 25.3. The molecule has 0 saturated carbocycles. The zero-order valence-electron chi connectivity index (χ0n) is 24.5. The average Bonchev–Trinajstić information content (AvgIpc) is 2.99. The monoisotopic (exact) mass is 586 g/mol. The van der Waals surface area contributed by atoms with Crippen LogP contribution >= 0.6 is 11.6 Å². The fourth-order valence-electron chi connectivity index (χ4n) is 4.72. The fourth-order valence-corrected chi connectivity index (χ4v) is 4.84. The van der Waals surface area contributed by atoms with Crippen LogP contribution in [0.5, 0.6) is 11.5 Å². The molecule has 8 nitrogen and oxygen atoms in total. The van der Waals surface area contributed by atoms with Gasteiger partial charge >= 0.3 is 0 Å². The summed E-state index contributed by atoms with van der Waals surface area (Å²) in [6.07, 6.45) is -0.0933. The van der Waals surface area contributed by atoms with Crippen LogP contribution in [0.2, 0.25) is 5.02 Å². The molecule has 1 saturated heterocycles. The number of halogens is 1. The number of nitrogens with zero attached hydrogens (tertiary/aromatic N) is 4. The van der Waals surface area contributed by atoms with Gasteiger partial charge in [0.1, 0.15) is 25.2 Å². The first kappa shape index (κ1) is 31.1. The number of carbonyl (C=O) groups excluding carboxylic acids is 1. The third-order valence-corrected chi connectivity index (χ3v) is 6.95. The Kier molecular flexibility index (Phi) is 10.7. The van der Waals surface area contributed by atoms with Gasteiger partial charge in [0.15, 0.2) is 6.61 Å². The highest BCUT2D eigenvalue weighted by atomic mass is 35.5. The summed E-state index contributed by atoms with van der Waals surface area (Å²) < 4.78 is 13.3. The van der Waals surface area contributed by atoms with Crippen LogP contribution in [0.15, 0.2) is 71.5 Å². The number of hydrogen-bond donors (Lipinski definition) is 0. The Morgan fingerprint density at radius 3 is 2.38 bits per heavy atom. The third-order valence-electron chi connectivity index (χ3n) is 6.70. The van der Waals surface area contributed by atoms with Crippen molar-refractivity contribution in [2.45, 2.75) is 40.3 Å². The van der Waals surface area contributed by atoms with Crippen molar-refractivity contribution in [3.05, 3.63) is 87.9 Å². The van der Waals surface area contributed by atoms with Gasteiger partial charge in [-0.2, -0.15) is 0 Å². The van der Waals surface area contributed by atoms with Gasteiger partial charge in [-0.3, -0.25) is 19.1 Å². The van der Waals surface area contributed by atoms with E-state index >= 15 is 0 Å². The Morgan fingerprint density at radius 2 is 1.69 bits per heavy atom. The maximum atomic E-state index is 13.8. The van der Waals surface area contributed by atoms with Gasteiger partial charge in [0.25, 0.3) is 11.5 Å². The quantitative estimate of drug-likeness (QED) is 0.286. The molecule has 1 fully saturated rings. The van der Waals surface area contributed by atoms with Gasteiger partial charge in [-0.1, -0.05) is 49.1 Å². The molecular weight excluding hydrogens is 551 g/mol. The maximum Gasteiger partial charge on any atom is 0.266 e. The van der Waals surface area contributed by atoms with E-state index in [2.05, 4.69) is 4.90 Å². The molecule has 218 valence electrons. The van der Waals surface area contributed by atoms with Gasteiger partial charge in [0.2, 0.25) is 0 Å². The van der Waals surface area contributed by atoms with Gasteiger partial charge in [-0.15, -0.1) is 0 Å². The topological polar surface area (TPSA) is 76.9 Å². The average molecular weight is 587 g/mol. The lowest BCUT2D eigenvalue weighted by Gasteiger charge is -2.34. The van der Waals surface area contributed by atoms with Crippen molar-refractivity contribution in [2.24, 2.45) is 0 Å². The van der Waals surface area contributed by atoms with Crippen molar-refractivity contribution in [2.75, 3.05) is 32.8 Å². The Labute approximate surface area is 253 Å². The summed E-state index contributed by atoms with van der Waals surface area (Å²) in [5.41, 5.74) is 1.51. The molecule has 3 aromatic carbocycles. The second-order valence-corrected chi connectivity index (χ2v) is 10.4. The van der Waals surface area contributed by atoms with Gasteiger partial charge in [-0.05, 0) is 62.4 Å². The number of para-hydroxylation sites is 1. The highest BCUT2D eigenvalue weighted by Crippen LogP contribution is 2.24. The molecule has 1 aliphatic rings. The molecule has 0 spiro atoms. The van der Waals surface area contributed by atoms with Crippen molar-refractivity contribution in [1.29, 1.82) is 0 Å². The smallest absolute Gasteiger partial charge is 0.266 e. The Morgan fingerprint density at radius 1 is 1.00 bits per heavy atom. The first-order valence-electron chi connectivity index (χ1n) is 14.2. The molecule has 1 aliphatic heterocycles. The van der Waals surface area contributed by atoms with E-state index in [0.717, 1.165) is 0 Å². The van der Waals surface area contributed by atoms with E-state index in [-0.39, 0.29) is 24.2 Å². The Hall–Kier alpha value is -3.82. The number of aromatic nitrogens is 2. The summed E-state index contributed by atoms with van der Waals surface area (Å²) in [4.78, 5) is 35.5. The van der Waals surface area contributed by atoms with Crippen molar-refractivity contribution < 1.29 is 14.3 Å². The number of rotatable bonds is 8. The fraction of sp³-hybridized carbons (Fsp3) is 0.344. The third kappa shape index (κ3) is 7.52. The normalized spacial score (nSPS) is 13.5. The molecule has 1 aromatic heterocycles. The van der Waals surface area contributed by atoms with E-state index < -0.39 is 0 Å². The number of fused-ring (bicyclic) bond motifs is 1. The van der Waals surface area contributed by atoms with E-state index in [0.29, 0.717) is 77.1 Å². The first-order valence-corrected chi connectivity index (χ1v) is 14.6. The van der Waals surface area contributed by atoms with Crippen LogP contribution in [0.4, 0.5) is 0 Å². The molecule has 0 unspecified atom stereocenters. The van der Waals surface area contributed by atoms with Crippen LogP contribution in [0.1, 0.15) is 33.5 Å². The Bertz CT molecular complexity index is 1570. The maximum absolute atomic E-state index is 13.8. The van der Waals surface area contributed by atoms with E-state index in [1.165, 1.54) is 0 Å². The molecule has 10 heteroatoms. The number of amides is 1. The van der Waals surface area contributed by atoms with E-state index in [4.69, 9.17) is 33.9 Å². The Balaban J connectivity index is 0.00000198. The van der Waals surface area contributed by atoms with Crippen LogP contribution in [-0.2, 0) is 11.3 Å². The SMILES string of the molecule is CC.[B]c1ccc(OC(C)C)c(-n2c(CN3CCN(C(=O)COc4ccc(Cl)cc4)CC3)nc3ccccc3c2=O)c1. The van der Waals surface area contributed by atoms with Crippen LogP contribution < -0.4 is 20.5 Å². The number of piperazine rings is 1. The van der Waals surface area contributed by atoms with E-state index in [9.17, 15) is 9.59 Å². The van der Waals surface area contributed by atoms with Gasteiger partial charge in [0, 0.05) is 31.2 Å². The van der Waals surface area contributed by atoms with Crippen LogP contribution in [0.25, 0.3) is 16.6 Å². The molecule has 0 atom stereocenters. The van der Waals surface area contributed by atoms with Crippen molar-refractivity contribution in [3.63, 3.8) is 0 Å². The summed E-state index contributed by atoms with van der Waals surface area (Å²) >= 11 is 5.91. The molecule has 4 aromatic rings. The predicted octanol–water partition coefficient (Wildman–Crippen LogP) is 4.37. The van der Waals surface area contributed by atoms with E-state index in [1.807, 2.05) is 45.9 Å². The summed E-state index contributed by atoms with van der Waals surface area (Å²) in [7, 11) is 6.15. The second kappa shape index (κ2) is 14.4. The van der Waals surface area contributed by atoms with E-state index in [1.54, 1.807) is 58.0 Å². The van der Waals surface area contributed by atoms with Crippen molar-refractivity contribution in [3.8, 4) is 17.2 Å². The van der Waals surface area contributed by atoms with Crippen LogP contribution in [-0.4, -0.2) is 72.0 Å². The summed E-state index contributed by atoms with van der Waals surface area (Å²) in [6, 6.07) is 19.5. The molecule has 0 aliphatic carbocycles. The number of carbonyl (C=O) groups is 1. The molecule has 5 rings (SSSR count). The number of benzene rings is 3. The molecule has 2 radical (unpaired) electrons. The predicted molar refractivity (Wildman–Crippen MR) is 169 cm³/mol. The number of hydrogen-bond acceptors (Lipinski definition) is 6. The minimum Gasteiger partial charge on any atom is -0.489 e. The van der Waals surface area contributed by atoms with Crippen molar-refractivity contribution in [1.82, 2.24) is 19.4 Å². The lowest BCUT2D eigenvalue weighted by Crippen LogP contribution is -2.50. The largest absolute Gasteiger partial charge is 0.489 e. The highest BCUT2D eigenvalue weighted by Gasteiger charge is 2.24. The lowest BCUT2D eigenvalue weighted by atomic mass is 9.95. The first-order chi connectivity index (χ1) is 20.3. The van der Waals surface area contributed by atoms with Gasteiger partial charge in [0.05, 0.1) is 29.2 Å². The van der Waals surface area contributed by atoms with Crippen molar-refractivity contribution >= 4 is 41.7 Å². The molecule has 42 heavy (non-hydrogen) atoms. The minimum atomic E-state index is -0.187. The summed E-state index contributed by atoms with van der Waals surface area (Å²) in [5, 5.41) is 1.13. The number of ether oxygens (including phenoxy) is 2. The molecular formula is C32H36BClN4O4. The van der Waals surface area contributed by atoms with Gasteiger partial charge in [-0.25, -0.2) is 4.98 Å². The molecule has 1 amide bonds. The van der Waals surface area contributed by atoms with Crippen LogP contribution in [0.3, 0.4) is 0 Å².